The van der Waals surface area contributed by atoms with Crippen LogP contribution < -0.4 is 9.47 Å². The number of methoxy groups -OCH3 is 2. The summed E-state index contributed by atoms with van der Waals surface area (Å²) in [5, 5.41) is 30.1. The van der Waals surface area contributed by atoms with Gasteiger partial charge in [-0.05, 0) is 18.1 Å². The first kappa shape index (κ1) is 26.5. The predicted molar refractivity (Wildman–Crippen MR) is 122 cm³/mol. The maximum atomic E-state index is 12.9. The Hall–Kier alpha value is -2.11. The third kappa shape index (κ3) is 5.41. The summed E-state index contributed by atoms with van der Waals surface area (Å²) in [5.74, 6) is -0.686. The van der Waals surface area contributed by atoms with Crippen molar-refractivity contribution in [2.45, 2.75) is 44.2 Å². The van der Waals surface area contributed by atoms with Gasteiger partial charge in [-0.1, -0.05) is 53.5 Å². The number of carbonyl (C=O) groups excluding carboxylic acids is 1. The van der Waals surface area contributed by atoms with Crippen molar-refractivity contribution in [1.29, 1.82) is 0 Å². The van der Waals surface area contributed by atoms with E-state index in [2.05, 4.69) is 0 Å². The maximum Gasteiger partial charge on any atom is 0.342 e. The van der Waals surface area contributed by atoms with E-state index in [4.69, 9.17) is 46.9 Å². The number of benzene rings is 2. The van der Waals surface area contributed by atoms with E-state index in [1.807, 2.05) is 30.3 Å². The minimum Gasteiger partial charge on any atom is -0.494 e. The molecule has 0 radical (unpaired) electrons. The molecule has 0 spiro atoms. The second-order valence-electron chi connectivity index (χ2n) is 7.61. The van der Waals surface area contributed by atoms with E-state index in [1.54, 1.807) is 6.92 Å². The highest BCUT2D eigenvalue weighted by atomic mass is 35.5. The van der Waals surface area contributed by atoms with Gasteiger partial charge in [0.25, 0.3) is 0 Å². The predicted octanol–water partition coefficient (Wildman–Crippen LogP) is 2.50. The highest BCUT2D eigenvalue weighted by Crippen LogP contribution is 2.45. The molecule has 9 nitrogen and oxygen atoms in total. The Morgan fingerprint density at radius 2 is 1.68 bits per heavy atom. The first-order valence-corrected chi connectivity index (χ1v) is 11.1. The number of carbonyl (C=O) groups is 1. The standard InChI is InChI=1S/C23H26Cl2O9/c1-11-14(22(29)33-10-13-17(26)18(27)19(28)23(31-3)34-13)20(30-2)16(25)21(15(11)24)32-9-12-7-5-4-6-8-12/h4-8,13,17-19,23,26-28H,9-10H2,1-3H3/t13-,17-,18+,19-,23-/m1/s1. The topological polar surface area (TPSA) is 124 Å². The maximum absolute atomic E-state index is 12.9. The van der Waals surface area contributed by atoms with Gasteiger partial charge in [-0.25, -0.2) is 4.79 Å². The molecule has 1 aliphatic heterocycles. The van der Waals surface area contributed by atoms with Gasteiger partial charge in [0.15, 0.2) is 17.8 Å². The molecular weight excluding hydrogens is 491 g/mol. The summed E-state index contributed by atoms with van der Waals surface area (Å²) in [6.45, 7) is 1.33. The van der Waals surface area contributed by atoms with Crippen LogP contribution in [0.5, 0.6) is 11.5 Å². The van der Waals surface area contributed by atoms with Crippen LogP contribution in [0.15, 0.2) is 30.3 Å². The van der Waals surface area contributed by atoms with Gasteiger partial charge in [0, 0.05) is 7.11 Å². The summed E-state index contributed by atoms with van der Waals surface area (Å²) in [7, 11) is 2.60. The molecule has 1 heterocycles. The number of aliphatic hydroxyl groups is 3. The van der Waals surface area contributed by atoms with Crippen LogP contribution in [-0.4, -0.2) is 72.8 Å². The van der Waals surface area contributed by atoms with Gasteiger partial charge in [0.1, 0.15) is 48.2 Å². The quantitative estimate of drug-likeness (QED) is 0.453. The van der Waals surface area contributed by atoms with E-state index >= 15 is 0 Å². The van der Waals surface area contributed by atoms with Crippen molar-refractivity contribution in [2.75, 3.05) is 20.8 Å². The average molecular weight is 517 g/mol. The zero-order valence-corrected chi connectivity index (χ0v) is 20.2. The lowest BCUT2D eigenvalue weighted by atomic mass is 9.99. The molecule has 11 heteroatoms. The molecule has 1 aliphatic rings. The van der Waals surface area contributed by atoms with Crippen LogP contribution in [0.3, 0.4) is 0 Å². The summed E-state index contributed by atoms with van der Waals surface area (Å²) in [6.07, 6.45) is -6.89. The Kier molecular flexibility index (Phi) is 9.00. The number of aliphatic hydroxyl groups excluding tert-OH is 3. The smallest absolute Gasteiger partial charge is 0.342 e. The summed E-state index contributed by atoms with van der Waals surface area (Å²) in [4.78, 5) is 12.9. The van der Waals surface area contributed by atoms with Gasteiger partial charge < -0.3 is 39.0 Å². The molecule has 0 unspecified atom stereocenters. The molecule has 0 aliphatic carbocycles. The summed E-state index contributed by atoms with van der Waals surface area (Å²) < 4.78 is 26.8. The van der Waals surface area contributed by atoms with Gasteiger partial charge in [0.05, 0.1) is 12.1 Å². The second-order valence-corrected chi connectivity index (χ2v) is 8.37. The molecule has 2 aromatic rings. The van der Waals surface area contributed by atoms with Crippen molar-refractivity contribution in [1.82, 2.24) is 0 Å². The van der Waals surface area contributed by atoms with Crippen molar-refractivity contribution in [3.05, 3.63) is 57.1 Å². The molecule has 1 fully saturated rings. The lowest BCUT2D eigenvalue weighted by Crippen LogP contribution is -2.59. The zero-order chi connectivity index (χ0) is 25.0. The van der Waals surface area contributed by atoms with E-state index in [0.29, 0.717) is 5.56 Å². The number of halogens is 2. The molecule has 186 valence electrons. The van der Waals surface area contributed by atoms with Crippen molar-refractivity contribution in [2.24, 2.45) is 0 Å². The summed E-state index contributed by atoms with van der Waals surface area (Å²) >= 11 is 12.9. The number of rotatable bonds is 8. The Morgan fingerprint density at radius 1 is 1.00 bits per heavy atom. The van der Waals surface area contributed by atoms with E-state index in [-0.39, 0.29) is 33.7 Å². The van der Waals surface area contributed by atoms with Crippen molar-refractivity contribution < 1.29 is 43.8 Å². The Balaban J connectivity index is 1.80. The Labute approximate surface area is 206 Å². The fourth-order valence-corrected chi connectivity index (χ4v) is 4.15. The highest BCUT2D eigenvalue weighted by Gasteiger charge is 2.44. The van der Waals surface area contributed by atoms with Gasteiger partial charge in [0.2, 0.25) is 0 Å². The summed E-state index contributed by atoms with van der Waals surface area (Å²) in [5.41, 5.74) is 1.17. The van der Waals surface area contributed by atoms with Crippen LogP contribution >= 0.6 is 23.2 Å². The molecule has 3 N–H and O–H groups in total. The van der Waals surface area contributed by atoms with Crippen LogP contribution in [0.25, 0.3) is 0 Å². The summed E-state index contributed by atoms with van der Waals surface area (Å²) in [6, 6.07) is 9.38. The lowest BCUT2D eigenvalue weighted by molar-refractivity contribution is -0.294. The molecule has 34 heavy (non-hydrogen) atoms. The average Bonchev–Trinajstić information content (AvgIpc) is 2.84. The van der Waals surface area contributed by atoms with E-state index < -0.39 is 43.3 Å². The molecule has 2 aromatic carbocycles. The second kappa shape index (κ2) is 11.5. The molecule has 1 saturated heterocycles. The fraction of sp³-hybridized carbons (Fsp3) is 0.435. The Morgan fingerprint density at radius 3 is 2.29 bits per heavy atom. The third-order valence-corrected chi connectivity index (χ3v) is 6.24. The van der Waals surface area contributed by atoms with E-state index in [1.165, 1.54) is 14.2 Å². The van der Waals surface area contributed by atoms with Crippen molar-refractivity contribution >= 4 is 29.2 Å². The number of esters is 1. The van der Waals surface area contributed by atoms with Crippen LogP contribution in [0.2, 0.25) is 10.0 Å². The normalized spacial score (nSPS) is 24.5. The molecule has 3 rings (SSSR count). The van der Waals surface area contributed by atoms with Gasteiger partial charge >= 0.3 is 5.97 Å². The highest BCUT2D eigenvalue weighted by molar-refractivity contribution is 6.39. The van der Waals surface area contributed by atoms with E-state index in [9.17, 15) is 20.1 Å². The Bertz CT molecular complexity index is 1000. The largest absolute Gasteiger partial charge is 0.494 e. The van der Waals surface area contributed by atoms with Crippen LogP contribution in [0, 0.1) is 6.92 Å². The molecule has 0 bridgehead atoms. The zero-order valence-electron chi connectivity index (χ0n) is 18.7. The monoisotopic (exact) mass is 516 g/mol. The van der Waals surface area contributed by atoms with Gasteiger partial charge in [-0.2, -0.15) is 0 Å². The van der Waals surface area contributed by atoms with Crippen LogP contribution in [0.4, 0.5) is 0 Å². The van der Waals surface area contributed by atoms with Crippen molar-refractivity contribution in [3.63, 3.8) is 0 Å². The third-order valence-electron chi connectivity index (χ3n) is 5.44. The number of hydrogen-bond acceptors (Lipinski definition) is 9. The molecule has 0 aromatic heterocycles. The molecule has 0 amide bonds. The minimum absolute atomic E-state index is 0.00645. The number of hydrogen-bond donors (Lipinski definition) is 3. The molecule has 5 atom stereocenters. The van der Waals surface area contributed by atoms with Crippen molar-refractivity contribution in [3.8, 4) is 11.5 Å². The van der Waals surface area contributed by atoms with E-state index in [0.717, 1.165) is 5.56 Å². The fourth-order valence-electron chi connectivity index (χ4n) is 3.53. The first-order chi connectivity index (χ1) is 16.2. The lowest BCUT2D eigenvalue weighted by Gasteiger charge is -2.39. The number of ether oxygens (including phenoxy) is 5. The van der Waals surface area contributed by atoms with Crippen LogP contribution in [0.1, 0.15) is 21.5 Å². The SMILES string of the molecule is COc1c(Cl)c(OCc2ccccc2)c(Cl)c(C)c1C(=O)OC[C@H]1O[C@@H](OC)[C@H](O)[C@@H](O)[C@@H]1O. The first-order valence-electron chi connectivity index (χ1n) is 10.3. The van der Waals surface area contributed by atoms with Gasteiger partial charge in [-0.3, -0.25) is 0 Å². The van der Waals surface area contributed by atoms with Gasteiger partial charge in [-0.15, -0.1) is 0 Å². The minimum atomic E-state index is -1.55. The molecular formula is C23H26Cl2O9. The van der Waals surface area contributed by atoms with Crippen LogP contribution in [-0.2, 0) is 20.8 Å². The molecule has 0 saturated carbocycles.